The Kier molecular flexibility index (Phi) is 6.25. The van der Waals surface area contributed by atoms with E-state index in [-0.39, 0.29) is 5.82 Å². The second kappa shape index (κ2) is 8.66. The van der Waals surface area contributed by atoms with Gasteiger partial charge in [-0.1, -0.05) is 58.1 Å². The van der Waals surface area contributed by atoms with E-state index in [0.29, 0.717) is 11.8 Å². The highest BCUT2D eigenvalue weighted by Gasteiger charge is 2.37. The first kappa shape index (κ1) is 19.5. The smallest absolute Gasteiger partial charge is 0.130 e. The van der Waals surface area contributed by atoms with E-state index in [4.69, 9.17) is 0 Å². The quantitative estimate of drug-likeness (QED) is 0.463. The summed E-state index contributed by atoms with van der Waals surface area (Å²) in [6.07, 6.45) is 16.9. The summed E-state index contributed by atoms with van der Waals surface area (Å²) in [7, 11) is 0. The van der Waals surface area contributed by atoms with Crippen molar-refractivity contribution in [2.24, 2.45) is 23.7 Å². The van der Waals surface area contributed by atoms with Crippen LogP contribution < -0.4 is 0 Å². The number of fused-ring (bicyclic) bond motifs is 2. The van der Waals surface area contributed by atoms with Crippen LogP contribution in [0, 0.1) is 29.5 Å². The topological polar surface area (TPSA) is 0 Å². The second-order valence-electron chi connectivity index (χ2n) is 10.2. The molecule has 0 bridgehead atoms. The average molecular weight is 371 g/mol. The highest BCUT2D eigenvalue weighted by molar-refractivity contribution is 5.38. The summed E-state index contributed by atoms with van der Waals surface area (Å²) in [5.41, 5.74) is 3.41. The van der Waals surface area contributed by atoms with Crippen molar-refractivity contribution in [2.45, 2.75) is 103 Å². The maximum atomic E-state index is 15.3. The van der Waals surface area contributed by atoms with E-state index in [0.717, 1.165) is 48.1 Å². The highest BCUT2D eigenvalue weighted by atomic mass is 19.1. The van der Waals surface area contributed by atoms with Gasteiger partial charge in [-0.25, -0.2) is 4.39 Å². The molecule has 5 unspecified atom stereocenters. The van der Waals surface area contributed by atoms with Crippen molar-refractivity contribution in [3.8, 4) is 0 Å². The molecule has 150 valence electrons. The van der Waals surface area contributed by atoms with Crippen LogP contribution in [0.1, 0.15) is 107 Å². The SMILES string of the molecule is CCCCCC1CCC2CC(c3ccc4c(c3F)CCC(C)C4)CCC2C1. The fourth-order valence-electron chi connectivity index (χ4n) is 6.54. The van der Waals surface area contributed by atoms with E-state index in [1.807, 2.05) is 0 Å². The minimum absolute atomic E-state index is 0.177. The Morgan fingerprint density at radius 3 is 2.63 bits per heavy atom. The molecule has 0 radical (unpaired) electrons. The molecule has 1 aromatic carbocycles. The van der Waals surface area contributed by atoms with Gasteiger partial charge in [0, 0.05) is 0 Å². The van der Waals surface area contributed by atoms with Gasteiger partial charge in [0.2, 0.25) is 0 Å². The van der Waals surface area contributed by atoms with E-state index in [1.165, 1.54) is 69.8 Å². The molecule has 0 saturated heterocycles. The van der Waals surface area contributed by atoms with Gasteiger partial charge >= 0.3 is 0 Å². The van der Waals surface area contributed by atoms with Crippen LogP contribution in [0.15, 0.2) is 12.1 Å². The van der Waals surface area contributed by atoms with E-state index >= 15 is 4.39 Å². The molecule has 27 heavy (non-hydrogen) atoms. The number of hydrogen-bond donors (Lipinski definition) is 0. The number of hydrogen-bond acceptors (Lipinski definition) is 0. The Hall–Kier alpha value is -0.850. The predicted molar refractivity (Wildman–Crippen MR) is 113 cm³/mol. The first-order valence-corrected chi connectivity index (χ1v) is 12.0. The van der Waals surface area contributed by atoms with Gasteiger partial charge in [0.15, 0.2) is 0 Å². The van der Waals surface area contributed by atoms with Crippen molar-refractivity contribution in [1.29, 1.82) is 0 Å². The molecule has 4 rings (SSSR count). The van der Waals surface area contributed by atoms with Crippen molar-refractivity contribution >= 4 is 0 Å². The summed E-state index contributed by atoms with van der Waals surface area (Å²) in [5, 5.41) is 0. The summed E-state index contributed by atoms with van der Waals surface area (Å²) >= 11 is 0. The Labute approximate surface area is 166 Å². The van der Waals surface area contributed by atoms with Gasteiger partial charge in [-0.2, -0.15) is 0 Å². The third-order valence-electron chi connectivity index (χ3n) is 8.20. The average Bonchev–Trinajstić information content (AvgIpc) is 2.68. The van der Waals surface area contributed by atoms with E-state index in [9.17, 15) is 0 Å². The Bertz CT molecular complexity index is 633. The van der Waals surface area contributed by atoms with Crippen molar-refractivity contribution in [3.63, 3.8) is 0 Å². The van der Waals surface area contributed by atoms with Crippen LogP contribution >= 0.6 is 0 Å². The fourth-order valence-corrected chi connectivity index (χ4v) is 6.54. The Balaban J connectivity index is 1.39. The molecule has 0 amide bonds. The zero-order valence-electron chi connectivity index (χ0n) is 17.6. The van der Waals surface area contributed by atoms with Gasteiger partial charge < -0.3 is 0 Å². The summed E-state index contributed by atoms with van der Waals surface area (Å²) in [6, 6.07) is 4.42. The van der Waals surface area contributed by atoms with E-state index in [1.54, 1.807) is 0 Å². The maximum absolute atomic E-state index is 15.3. The van der Waals surface area contributed by atoms with Crippen molar-refractivity contribution in [2.75, 3.05) is 0 Å². The number of benzene rings is 1. The van der Waals surface area contributed by atoms with Crippen LogP contribution in [0.3, 0.4) is 0 Å². The van der Waals surface area contributed by atoms with E-state index < -0.39 is 0 Å². The van der Waals surface area contributed by atoms with Crippen molar-refractivity contribution in [3.05, 3.63) is 34.6 Å². The monoisotopic (exact) mass is 370 g/mol. The third kappa shape index (κ3) is 4.28. The summed E-state index contributed by atoms with van der Waals surface area (Å²) in [6.45, 7) is 4.60. The highest BCUT2D eigenvalue weighted by Crippen LogP contribution is 2.49. The summed E-state index contributed by atoms with van der Waals surface area (Å²) in [5.74, 6) is 4.15. The molecule has 0 aliphatic heterocycles. The maximum Gasteiger partial charge on any atom is 0.130 e. The Morgan fingerprint density at radius 1 is 0.963 bits per heavy atom. The lowest BCUT2D eigenvalue weighted by Crippen LogP contribution is -2.31. The molecule has 2 fully saturated rings. The van der Waals surface area contributed by atoms with Crippen LogP contribution in [0.5, 0.6) is 0 Å². The Morgan fingerprint density at radius 2 is 1.78 bits per heavy atom. The van der Waals surface area contributed by atoms with Gasteiger partial charge in [0.1, 0.15) is 5.82 Å². The van der Waals surface area contributed by atoms with Crippen LogP contribution in [-0.4, -0.2) is 0 Å². The van der Waals surface area contributed by atoms with Gasteiger partial charge in [-0.3, -0.25) is 0 Å². The lowest BCUT2D eigenvalue weighted by Gasteiger charge is -2.42. The normalized spacial score (nSPS) is 33.4. The molecule has 2 saturated carbocycles. The third-order valence-corrected chi connectivity index (χ3v) is 8.20. The molecular weight excluding hydrogens is 331 g/mol. The van der Waals surface area contributed by atoms with Gasteiger partial charge in [0.25, 0.3) is 0 Å². The largest absolute Gasteiger partial charge is 0.206 e. The molecule has 0 spiro atoms. The van der Waals surface area contributed by atoms with Gasteiger partial charge in [0.05, 0.1) is 0 Å². The molecule has 0 aromatic heterocycles. The second-order valence-corrected chi connectivity index (χ2v) is 10.2. The molecule has 3 aliphatic carbocycles. The van der Waals surface area contributed by atoms with Crippen LogP contribution in [0.2, 0.25) is 0 Å². The van der Waals surface area contributed by atoms with Gasteiger partial charge in [-0.15, -0.1) is 0 Å². The van der Waals surface area contributed by atoms with Crippen molar-refractivity contribution in [1.82, 2.24) is 0 Å². The standard InChI is InChI=1S/C26H39F/c1-3-4-5-6-19-8-9-21-17-23(11-10-20(21)16-19)25-14-12-22-15-18(2)7-13-24(22)26(25)27/h12,14,18-21,23H,3-11,13,15-17H2,1-2H3. The van der Waals surface area contributed by atoms with E-state index in [2.05, 4.69) is 26.0 Å². The zero-order valence-corrected chi connectivity index (χ0v) is 17.6. The zero-order chi connectivity index (χ0) is 18.8. The molecular formula is C26H39F. The minimum atomic E-state index is 0.177. The first-order valence-electron chi connectivity index (χ1n) is 12.0. The lowest BCUT2D eigenvalue weighted by molar-refractivity contribution is 0.112. The molecule has 1 heteroatoms. The molecule has 0 nitrogen and oxygen atoms in total. The lowest BCUT2D eigenvalue weighted by atomic mass is 9.63. The predicted octanol–water partition coefficient (Wildman–Crippen LogP) is 7.83. The summed E-state index contributed by atoms with van der Waals surface area (Å²) in [4.78, 5) is 0. The fraction of sp³-hybridized carbons (Fsp3) is 0.769. The van der Waals surface area contributed by atoms with Gasteiger partial charge in [-0.05, 0) is 97.6 Å². The molecule has 1 aromatic rings. The number of halogens is 1. The molecule has 3 aliphatic rings. The molecule has 5 atom stereocenters. The van der Waals surface area contributed by atoms with Crippen LogP contribution in [0.25, 0.3) is 0 Å². The van der Waals surface area contributed by atoms with Crippen LogP contribution in [-0.2, 0) is 12.8 Å². The minimum Gasteiger partial charge on any atom is -0.206 e. The number of unbranched alkanes of at least 4 members (excludes halogenated alkanes) is 2. The summed E-state index contributed by atoms with van der Waals surface area (Å²) < 4.78 is 15.3. The molecule has 0 heterocycles. The number of rotatable bonds is 5. The van der Waals surface area contributed by atoms with Crippen LogP contribution in [0.4, 0.5) is 4.39 Å². The van der Waals surface area contributed by atoms with Crippen molar-refractivity contribution < 1.29 is 4.39 Å². The molecule has 0 N–H and O–H groups in total. The first-order chi connectivity index (χ1) is 13.2.